The van der Waals surface area contributed by atoms with Crippen molar-refractivity contribution < 1.29 is 19.1 Å². The first-order chi connectivity index (χ1) is 12.6. The number of fused-ring (bicyclic) bond motifs is 1. The molecule has 1 aromatic carbocycles. The molecule has 1 heterocycles. The lowest BCUT2D eigenvalue weighted by Crippen LogP contribution is -2.40. The van der Waals surface area contributed by atoms with Crippen molar-refractivity contribution in [3.8, 4) is 11.5 Å². The molecule has 6 heteroatoms. The minimum Gasteiger partial charge on any atom is -0.486 e. The Morgan fingerprint density at radius 1 is 1.15 bits per heavy atom. The van der Waals surface area contributed by atoms with Gasteiger partial charge in [-0.1, -0.05) is 11.6 Å². The maximum atomic E-state index is 12.3. The predicted octanol–water partition coefficient (Wildman–Crippen LogP) is 2.82. The Hall–Kier alpha value is -2.50. The number of rotatable bonds is 6. The van der Waals surface area contributed by atoms with Gasteiger partial charge in [-0.25, -0.2) is 0 Å². The van der Waals surface area contributed by atoms with Gasteiger partial charge in [0.1, 0.15) is 19.8 Å². The molecule has 1 aliphatic carbocycles. The standard InChI is InChI=1S/C20H26N2O4/c1-15(23)22(17-7-8-18-19(13-17)26-12-11-25-18)14-20(24)21-10-9-16-5-3-2-4-6-16/h5,7-8,13H,2-4,6,9-12,14H2,1H3,(H,21,24). The Balaban J connectivity index is 1.57. The van der Waals surface area contributed by atoms with Crippen LogP contribution in [0.2, 0.25) is 0 Å². The topological polar surface area (TPSA) is 67.9 Å². The Bertz CT molecular complexity index is 699. The molecule has 2 amide bonds. The molecule has 0 bridgehead atoms. The monoisotopic (exact) mass is 358 g/mol. The summed E-state index contributed by atoms with van der Waals surface area (Å²) in [6.45, 7) is 3.05. The van der Waals surface area contributed by atoms with Gasteiger partial charge in [-0.15, -0.1) is 0 Å². The molecule has 0 spiro atoms. The number of ether oxygens (including phenoxy) is 2. The number of nitrogens with one attached hydrogen (secondary N) is 1. The van der Waals surface area contributed by atoms with Crippen molar-refractivity contribution >= 4 is 17.5 Å². The third-order valence-corrected chi connectivity index (χ3v) is 4.67. The molecule has 0 radical (unpaired) electrons. The number of benzene rings is 1. The largest absolute Gasteiger partial charge is 0.486 e. The number of carbonyl (C=O) groups excluding carboxylic acids is 2. The molecular weight excluding hydrogens is 332 g/mol. The number of amides is 2. The SMILES string of the molecule is CC(=O)N(CC(=O)NCCC1=CCCCC1)c1ccc2c(c1)OCCO2. The summed E-state index contributed by atoms with van der Waals surface area (Å²) in [6, 6.07) is 5.29. The second-order valence-electron chi connectivity index (χ2n) is 6.64. The lowest BCUT2D eigenvalue weighted by Gasteiger charge is -2.24. The van der Waals surface area contributed by atoms with E-state index in [0.29, 0.717) is 36.9 Å². The first-order valence-electron chi connectivity index (χ1n) is 9.26. The highest BCUT2D eigenvalue weighted by Gasteiger charge is 2.19. The zero-order valence-electron chi connectivity index (χ0n) is 15.3. The normalized spacial score (nSPS) is 15.8. The van der Waals surface area contributed by atoms with Crippen molar-refractivity contribution in [2.24, 2.45) is 0 Å². The van der Waals surface area contributed by atoms with E-state index >= 15 is 0 Å². The summed E-state index contributed by atoms with van der Waals surface area (Å²) in [6.07, 6.45) is 7.95. The Labute approximate surface area is 154 Å². The van der Waals surface area contributed by atoms with E-state index in [1.54, 1.807) is 18.2 Å². The highest BCUT2D eigenvalue weighted by molar-refractivity contribution is 5.97. The van der Waals surface area contributed by atoms with Gasteiger partial charge in [-0.2, -0.15) is 0 Å². The fraction of sp³-hybridized carbons (Fsp3) is 0.500. The van der Waals surface area contributed by atoms with E-state index in [1.165, 1.54) is 30.2 Å². The molecule has 1 aliphatic heterocycles. The van der Waals surface area contributed by atoms with E-state index in [9.17, 15) is 9.59 Å². The molecule has 140 valence electrons. The molecule has 26 heavy (non-hydrogen) atoms. The molecule has 0 saturated carbocycles. The van der Waals surface area contributed by atoms with Crippen molar-refractivity contribution in [2.75, 3.05) is 31.2 Å². The van der Waals surface area contributed by atoms with Crippen LogP contribution in [0, 0.1) is 0 Å². The van der Waals surface area contributed by atoms with E-state index in [-0.39, 0.29) is 18.4 Å². The molecule has 0 atom stereocenters. The van der Waals surface area contributed by atoms with E-state index in [0.717, 1.165) is 19.3 Å². The van der Waals surface area contributed by atoms with Crippen molar-refractivity contribution in [3.05, 3.63) is 29.8 Å². The molecule has 1 N–H and O–H groups in total. The highest BCUT2D eigenvalue weighted by atomic mass is 16.6. The zero-order valence-corrected chi connectivity index (χ0v) is 15.3. The molecular formula is C20H26N2O4. The quantitative estimate of drug-likeness (QED) is 0.794. The second-order valence-corrected chi connectivity index (χ2v) is 6.64. The molecule has 1 aromatic rings. The van der Waals surface area contributed by atoms with Crippen LogP contribution in [0.3, 0.4) is 0 Å². The lowest BCUT2D eigenvalue weighted by molar-refractivity contribution is -0.123. The van der Waals surface area contributed by atoms with Gasteiger partial charge in [0.25, 0.3) is 0 Å². The number of carbonyl (C=O) groups is 2. The summed E-state index contributed by atoms with van der Waals surface area (Å²) >= 11 is 0. The fourth-order valence-electron chi connectivity index (χ4n) is 3.28. The van der Waals surface area contributed by atoms with Crippen LogP contribution < -0.4 is 19.7 Å². The molecule has 0 fully saturated rings. The van der Waals surface area contributed by atoms with Gasteiger partial charge in [0.2, 0.25) is 11.8 Å². The number of hydrogen-bond acceptors (Lipinski definition) is 4. The minimum atomic E-state index is -0.188. The van der Waals surface area contributed by atoms with Crippen molar-refractivity contribution in [3.63, 3.8) is 0 Å². The molecule has 3 rings (SSSR count). The van der Waals surface area contributed by atoms with Crippen LogP contribution in [0.25, 0.3) is 0 Å². The van der Waals surface area contributed by atoms with Crippen LogP contribution in [-0.4, -0.2) is 38.1 Å². The van der Waals surface area contributed by atoms with Gasteiger partial charge in [-0.3, -0.25) is 9.59 Å². The highest BCUT2D eigenvalue weighted by Crippen LogP contribution is 2.34. The van der Waals surface area contributed by atoms with Gasteiger partial charge < -0.3 is 19.7 Å². The summed E-state index contributed by atoms with van der Waals surface area (Å²) in [5.74, 6) is 0.914. The van der Waals surface area contributed by atoms with Gasteiger partial charge in [0.05, 0.1) is 0 Å². The molecule has 0 unspecified atom stereocenters. The van der Waals surface area contributed by atoms with Crippen LogP contribution in [0.5, 0.6) is 11.5 Å². The number of allylic oxidation sites excluding steroid dienone is 1. The Kier molecular flexibility index (Phi) is 6.15. The number of hydrogen-bond donors (Lipinski definition) is 1. The van der Waals surface area contributed by atoms with E-state index in [2.05, 4.69) is 11.4 Å². The number of nitrogens with zero attached hydrogens (tertiary/aromatic N) is 1. The summed E-state index contributed by atoms with van der Waals surface area (Å²) < 4.78 is 11.1. The van der Waals surface area contributed by atoms with Crippen molar-refractivity contribution in [1.82, 2.24) is 5.32 Å². The summed E-state index contributed by atoms with van der Waals surface area (Å²) in [5.41, 5.74) is 2.05. The van der Waals surface area contributed by atoms with Crippen LogP contribution in [-0.2, 0) is 9.59 Å². The Morgan fingerprint density at radius 3 is 2.69 bits per heavy atom. The predicted molar refractivity (Wildman–Crippen MR) is 99.6 cm³/mol. The van der Waals surface area contributed by atoms with E-state index in [4.69, 9.17) is 9.47 Å². The smallest absolute Gasteiger partial charge is 0.240 e. The minimum absolute atomic E-state index is 0.00593. The van der Waals surface area contributed by atoms with Gasteiger partial charge in [-0.05, 0) is 44.2 Å². The van der Waals surface area contributed by atoms with Gasteiger partial charge in [0.15, 0.2) is 11.5 Å². The molecule has 0 aromatic heterocycles. The second kappa shape index (κ2) is 8.74. The molecule has 2 aliphatic rings. The van der Waals surface area contributed by atoms with Crippen molar-refractivity contribution in [2.45, 2.75) is 39.0 Å². The third-order valence-electron chi connectivity index (χ3n) is 4.67. The van der Waals surface area contributed by atoms with E-state index < -0.39 is 0 Å². The van der Waals surface area contributed by atoms with Gasteiger partial charge in [0, 0.05) is 25.2 Å². The van der Waals surface area contributed by atoms with E-state index in [1.807, 2.05) is 0 Å². The maximum Gasteiger partial charge on any atom is 0.240 e. The van der Waals surface area contributed by atoms with Crippen LogP contribution in [0.1, 0.15) is 39.0 Å². The first-order valence-corrected chi connectivity index (χ1v) is 9.26. The average molecular weight is 358 g/mol. The summed E-state index contributed by atoms with van der Waals surface area (Å²) in [4.78, 5) is 25.8. The van der Waals surface area contributed by atoms with Crippen LogP contribution in [0.15, 0.2) is 29.8 Å². The van der Waals surface area contributed by atoms with Crippen molar-refractivity contribution in [1.29, 1.82) is 0 Å². The average Bonchev–Trinajstić information content (AvgIpc) is 2.66. The Morgan fingerprint density at radius 2 is 1.96 bits per heavy atom. The van der Waals surface area contributed by atoms with Gasteiger partial charge >= 0.3 is 0 Å². The third kappa shape index (κ3) is 4.77. The number of anilines is 1. The fourth-order valence-corrected chi connectivity index (χ4v) is 3.28. The summed E-state index contributed by atoms with van der Waals surface area (Å²) in [7, 11) is 0. The lowest BCUT2D eigenvalue weighted by atomic mass is 9.97. The van der Waals surface area contributed by atoms with Crippen LogP contribution >= 0.6 is 0 Å². The van der Waals surface area contributed by atoms with Crippen LogP contribution in [0.4, 0.5) is 5.69 Å². The maximum absolute atomic E-state index is 12.3. The zero-order chi connectivity index (χ0) is 18.4. The molecule has 6 nitrogen and oxygen atoms in total. The summed E-state index contributed by atoms with van der Waals surface area (Å²) in [5, 5.41) is 2.92. The molecule has 0 saturated heterocycles. The first kappa shape index (κ1) is 18.3.